The Labute approximate surface area is 65.6 Å². The summed E-state index contributed by atoms with van der Waals surface area (Å²) in [6.45, 7) is 6.81. The van der Waals surface area contributed by atoms with Crippen molar-refractivity contribution in [2.75, 3.05) is 0 Å². The molecule has 0 aromatic carbocycles. The Hall–Kier alpha value is 0.177. The van der Waals surface area contributed by atoms with Crippen molar-refractivity contribution in [1.29, 1.82) is 0 Å². The van der Waals surface area contributed by atoms with Crippen LogP contribution in [0.5, 0.6) is 0 Å². The fraction of sp³-hybridized carbons (Fsp3) is 1.00. The van der Waals surface area contributed by atoms with E-state index in [0.717, 1.165) is 5.92 Å². The van der Waals surface area contributed by atoms with Gasteiger partial charge in [-0.3, -0.25) is 0 Å². The van der Waals surface area contributed by atoms with Crippen LogP contribution in [0.15, 0.2) is 0 Å². The summed E-state index contributed by atoms with van der Waals surface area (Å²) in [5.41, 5.74) is 6.12. The molecule has 2 unspecified atom stereocenters. The first-order chi connectivity index (χ1) is 4.50. The molecule has 1 fully saturated rings. The third-order valence-electron chi connectivity index (χ3n) is 2.75. The standard InChI is InChI=1S/C8H19NSi/c1-8(2,9)7-4-5-10(3)6-7/h7,10H,4-6,9H2,1-3H3. The lowest BCUT2D eigenvalue weighted by molar-refractivity contribution is 0.349. The van der Waals surface area contributed by atoms with E-state index in [4.69, 9.17) is 5.73 Å². The monoisotopic (exact) mass is 157 g/mol. The van der Waals surface area contributed by atoms with Crippen LogP contribution in [0.2, 0.25) is 18.6 Å². The van der Waals surface area contributed by atoms with E-state index in [1.54, 1.807) is 0 Å². The molecule has 1 rings (SSSR count). The molecule has 2 N–H and O–H groups in total. The van der Waals surface area contributed by atoms with Crippen molar-refractivity contribution in [2.24, 2.45) is 11.7 Å². The van der Waals surface area contributed by atoms with Crippen molar-refractivity contribution in [3.8, 4) is 0 Å². The second kappa shape index (κ2) is 2.66. The Bertz CT molecular complexity index is 117. The molecule has 1 heterocycles. The molecule has 2 heteroatoms. The van der Waals surface area contributed by atoms with Gasteiger partial charge in [0.05, 0.1) is 0 Å². The van der Waals surface area contributed by atoms with Gasteiger partial charge in [-0.25, -0.2) is 0 Å². The summed E-state index contributed by atoms with van der Waals surface area (Å²) in [5.74, 6) is 0.828. The Morgan fingerprint density at radius 1 is 1.50 bits per heavy atom. The molecule has 0 aromatic rings. The van der Waals surface area contributed by atoms with Gasteiger partial charge in [0.15, 0.2) is 0 Å². The first-order valence-corrected chi connectivity index (χ1v) is 7.08. The van der Waals surface area contributed by atoms with Gasteiger partial charge in [-0.05, 0) is 19.8 Å². The molecule has 1 nitrogen and oxygen atoms in total. The molecule has 10 heavy (non-hydrogen) atoms. The smallest absolute Gasteiger partial charge is 0.0340 e. The van der Waals surface area contributed by atoms with Crippen molar-refractivity contribution in [1.82, 2.24) is 0 Å². The second-order valence-corrected chi connectivity index (χ2v) is 7.70. The molecule has 0 aromatic heterocycles. The topological polar surface area (TPSA) is 26.0 Å². The molecule has 1 aliphatic rings. The summed E-state index contributed by atoms with van der Waals surface area (Å²) < 4.78 is 0. The van der Waals surface area contributed by atoms with Crippen LogP contribution in [0.1, 0.15) is 20.3 Å². The van der Waals surface area contributed by atoms with E-state index in [-0.39, 0.29) is 14.3 Å². The Morgan fingerprint density at radius 2 is 2.10 bits per heavy atom. The minimum absolute atomic E-state index is 0.0950. The van der Waals surface area contributed by atoms with Crippen molar-refractivity contribution < 1.29 is 0 Å². The Balaban J connectivity index is 2.45. The van der Waals surface area contributed by atoms with E-state index >= 15 is 0 Å². The fourth-order valence-corrected chi connectivity index (χ4v) is 4.90. The lowest BCUT2D eigenvalue weighted by Crippen LogP contribution is -2.39. The van der Waals surface area contributed by atoms with Crippen molar-refractivity contribution in [2.45, 2.75) is 44.4 Å². The molecule has 1 saturated heterocycles. The van der Waals surface area contributed by atoms with E-state index < -0.39 is 0 Å². The van der Waals surface area contributed by atoms with E-state index in [1.165, 1.54) is 18.5 Å². The van der Waals surface area contributed by atoms with Gasteiger partial charge >= 0.3 is 0 Å². The maximum Gasteiger partial charge on any atom is 0.0340 e. The molecule has 0 spiro atoms. The van der Waals surface area contributed by atoms with Gasteiger partial charge in [0.2, 0.25) is 0 Å². The van der Waals surface area contributed by atoms with Gasteiger partial charge < -0.3 is 5.73 Å². The predicted octanol–water partition coefficient (Wildman–Crippen LogP) is 1.60. The second-order valence-electron chi connectivity index (χ2n) is 4.44. The number of rotatable bonds is 1. The van der Waals surface area contributed by atoms with Crippen LogP contribution in [-0.4, -0.2) is 14.3 Å². The van der Waals surface area contributed by atoms with Crippen molar-refractivity contribution >= 4 is 8.80 Å². The lowest BCUT2D eigenvalue weighted by atomic mass is 9.88. The first kappa shape index (κ1) is 8.28. The Morgan fingerprint density at radius 3 is 2.30 bits per heavy atom. The van der Waals surface area contributed by atoms with E-state index in [9.17, 15) is 0 Å². The van der Waals surface area contributed by atoms with Crippen molar-refractivity contribution in [3.63, 3.8) is 0 Å². The predicted molar refractivity (Wildman–Crippen MR) is 49.0 cm³/mol. The Kier molecular flexibility index (Phi) is 2.20. The zero-order valence-electron chi connectivity index (χ0n) is 7.35. The van der Waals surface area contributed by atoms with E-state index in [1.807, 2.05) is 0 Å². The van der Waals surface area contributed by atoms with Crippen LogP contribution >= 0.6 is 0 Å². The molecule has 0 radical (unpaired) electrons. The van der Waals surface area contributed by atoms with Crippen LogP contribution in [0.4, 0.5) is 0 Å². The number of nitrogens with two attached hydrogens (primary N) is 1. The molecular formula is C8H19NSi. The van der Waals surface area contributed by atoms with Gasteiger partial charge in [0.25, 0.3) is 0 Å². The summed E-state index contributed by atoms with van der Waals surface area (Å²) in [6, 6.07) is 2.99. The molecule has 2 atom stereocenters. The van der Waals surface area contributed by atoms with Gasteiger partial charge in [-0.2, -0.15) is 0 Å². The largest absolute Gasteiger partial charge is 0.325 e. The summed E-state index contributed by atoms with van der Waals surface area (Å²) >= 11 is 0. The molecular weight excluding hydrogens is 138 g/mol. The third kappa shape index (κ3) is 1.83. The van der Waals surface area contributed by atoms with E-state index in [0.29, 0.717) is 0 Å². The summed E-state index contributed by atoms with van der Waals surface area (Å²) in [6.07, 6.45) is 1.40. The lowest BCUT2D eigenvalue weighted by Gasteiger charge is -2.26. The van der Waals surface area contributed by atoms with Gasteiger partial charge in [0, 0.05) is 14.3 Å². The van der Waals surface area contributed by atoms with Crippen LogP contribution in [0.25, 0.3) is 0 Å². The van der Waals surface area contributed by atoms with Crippen LogP contribution in [0.3, 0.4) is 0 Å². The van der Waals surface area contributed by atoms with Crippen LogP contribution < -0.4 is 5.73 Å². The fourth-order valence-electron chi connectivity index (χ4n) is 1.88. The maximum absolute atomic E-state index is 6.03. The van der Waals surface area contributed by atoms with E-state index in [2.05, 4.69) is 20.4 Å². The summed E-state index contributed by atoms with van der Waals surface area (Å²) in [4.78, 5) is 0. The molecule has 0 amide bonds. The SMILES string of the molecule is C[SiH]1CCC(C(C)(C)N)C1. The average molecular weight is 157 g/mol. The molecule has 1 aliphatic heterocycles. The summed E-state index contributed by atoms with van der Waals surface area (Å²) in [5, 5.41) is 0. The highest BCUT2D eigenvalue weighted by atomic mass is 28.3. The zero-order valence-corrected chi connectivity index (χ0v) is 8.51. The first-order valence-electron chi connectivity index (χ1n) is 4.29. The number of hydrogen-bond donors (Lipinski definition) is 1. The zero-order chi connectivity index (χ0) is 7.78. The molecule has 0 aliphatic carbocycles. The van der Waals surface area contributed by atoms with Crippen molar-refractivity contribution in [3.05, 3.63) is 0 Å². The average Bonchev–Trinajstić information content (AvgIpc) is 2.11. The normalized spacial score (nSPS) is 34.8. The number of hydrogen-bond acceptors (Lipinski definition) is 1. The highest BCUT2D eigenvalue weighted by molar-refractivity contribution is 6.58. The van der Waals surface area contributed by atoms with Gasteiger partial charge in [0.1, 0.15) is 0 Å². The minimum atomic E-state index is -0.287. The van der Waals surface area contributed by atoms with Gasteiger partial charge in [-0.15, -0.1) is 0 Å². The highest BCUT2D eigenvalue weighted by Gasteiger charge is 2.31. The quantitative estimate of drug-likeness (QED) is 0.575. The molecule has 0 bridgehead atoms. The van der Waals surface area contributed by atoms with Crippen LogP contribution in [-0.2, 0) is 0 Å². The van der Waals surface area contributed by atoms with Gasteiger partial charge in [-0.1, -0.05) is 25.1 Å². The molecule has 60 valence electrons. The maximum atomic E-state index is 6.03. The third-order valence-corrected chi connectivity index (χ3v) is 5.44. The molecule has 0 saturated carbocycles. The highest BCUT2D eigenvalue weighted by Crippen LogP contribution is 2.33. The van der Waals surface area contributed by atoms with Crippen LogP contribution in [0, 0.1) is 5.92 Å². The summed E-state index contributed by atoms with van der Waals surface area (Å²) in [7, 11) is -0.287. The minimum Gasteiger partial charge on any atom is -0.325 e.